The lowest BCUT2D eigenvalue weighted by Gasteiger charge is -2.26. The molecule has 4 aromatic heterocycles. The van der Waals surface area contributed by atoms with Crippen molar-refractivity contribution in [1.82, 2.24) is 29.5 Å². The number of imidazole rings is 1. The van der Waals surface area contributed by atoms with Gasteiger partial charge in [-0.1, -0.05) is 12.1 Å². The molecule has 0 bridgehead atoms. The number of pyridine rings is 2. The summed E-state index contributed by atoms with van der Waals surface area (Å²) in [5, 5.41) is 10.9. The van der Waals surface area contributed by atoms with Crippen LogP contribution < -0.4 is 25.8 Å². The quantitative estimate of drug-likeness (QED) is 0.225. The van der Waals surface area contributed by atoms with Crippen LogP contribution in [0.2, 0.25) is 0 Å². The van der Waals surface area contributed by atoms with Crippen molar-refractivity contribution < 1.29 is 19.1 Å². The third-order valence-corrected chi connectivity index (χ3v) is 7.74. The standard InChI is InChI=1S/C32H32N8O5/c1-38(19-20-9-12-23(44-2)13-10-20)25-16-27(37-40-26(18-34-29(25)40)30(41)35-22-6-4-7-22)36-24-8-5-15-39(31(24)42)28-14-11-21(17-33-28)32(43)45-3/h5,8-18,22H,4,6-7,19H2,1-3H3,(H,35,41)(H,36,37). The third-order valence-electron chi connectivity index (χ3n) is 7.74. The highest BCUT2D eigenvalue weighted by Crippen LogP contribution is 2.27. The molecular weight excluding hydrogens is 576 g/mol. The van der Waals surface area contributed by atoms with Gasteiger partial charge in [-0.2, -0.15) is 0 Å². The Balaban J connectivity index is 1.36. The second-order valence-corrected chi connectivity index (χ2v) is 10.7. The predicted molar refractivity (Wildman–Crippen MR) is 168 cm³/mol. The first kappa shape index (κ1) is 29.4. The Hall–Kier alpha value is -5.72. The SMILES string of the molecule is COC(=O)c1ccc(-n2cccc(Nc3cc(N(C)Cc4ccc(OC)cc4)c4ncc(C(=O)NC5CCC5)n4n3)c2=O)nc1. The van der Waals surface area contributed by atoms with Gasteiger partial charge in [-0.25, -0.2) is 19.3 Å². The van der Waals surface area contributed by atoms with Crippen LogP contribution in [0, 0.1) is 0 Å². The largest absolute Gasteiger partial charge is 0.497 e. The smallest absolute Gasteiger partial charge is 0.339 e. The highest BCUT2D eigenvalue weighted by molar-refractivity contribution is 5.94. The number of methoxy groups -OCH3 is 2. The van der Waals surface area contributed by atoms with Crippen molar-refractivity contribution in [2.24, 2.45) is 0 Å². The molecule has 0 aliphatic heterocycles. The van der Waals surface area contributed by atoms with E-state index < -0.39 is 5.97 Å². The van der Waals surface area contributed by atoms with E-state index in [1.807, 2.05) is 36.2 Å². The van der Waals surface area contributed by atoms with Crippen molar-refractivity contribution in [3.05, 3.63) is 100 Å². The second-order valence-electron chi connectivity index (χ2n) is 10.7. The maximum Gasteiger partial charge on any atom is 0.339 e. The number of aromatic nitrogens is 5. The van der Waals surface area contributed by atoms with Gasteiger partial charge in [0.2, 0.25) is 0 Å². The molecule has 0 saturated heterocycles. The van der Waals surface area contributed by atoms with Gasteiger partial charge in [0.15, 0.2) is 17.2 Å². The number of anilines is 3. The summed E-state index contributed by atoms with van der Waals surface area (Å²) in [6.45, 7) is 0.533. The average molecular weight is 609 g/mol. The molecule has 1 amide bonds. The lowest BCUT2D eigenvalue weighted by Crippen LogP contribution is -2.40. The number of benzene rings is 1. The summed E-state index contributed by atoms with van der Waals surface area (Å²) in [6, 6.07) is 16.1. The Kier molecular flexibility index (Phi) is 8.14. The van der Waals surface area contributed by atoms with E-state index in [1.165, 1.54) is 34.7 Å². The Morgan fingerprint density at radius 1 is 1.04 bits per heavy atom. The minimum absolute atomic E-state index is 0.139. The van der Waals surface area contributed by atoms with Crippen molar-refractivity contribution in [3.8, 4) is 11.6 Å². The van der Waals surface area contributed by atoms with E-state index in [9.17, 15) is 14.4 Å². The number of hydrogen-bond donors (Lipinski definition) is 2. The van der Waals surface area contributed by atoms with E-state index in [2.05, 4.69) is 25.7 Å². The summed E-state index contributed by atoms with van der Waals surface area (Å²) in [4.78, 5) is 49.4. The molecule has 4 heterocycles. The van der Waals surface area contributed by atoms with Gasteiger partial charge in [-0.15, -0.1) is 5.10 Å². The van der Waals surface area contributed by atoms with Crippen LogP contribution in [0.1, 0.15) is 45.7 Å². The van der Waals surface area contributed by atoms with Gasteiger partial charge < -0.3 is 25.0 Å². The molecule has 13 heteroatoms. The van der Waals surface area contributed by atoms with E-state index in [0.29, 0.717) is 35.2 Å². The van der Waals surface area contributed by atoms with Crippen molar-refractivity contribution >= 4 is 34.7 Å². The normalized spacial score (nSPS) is 12.8. The van der Waals surface area contributed by atoms with Gasteiger partial charge in [0, 0.05) is 38.1 Å². The van der Waals surface area contributed by atoms with Gasteiger partial charge in [-0.05, 0) is 61.2 Å². The number of carbonyl (C=O) groups excluding carboxylic acids is 2. The molecule has 13 nitrogen and oxygen atoms in total. The molecule has 0 atom stereocenters. The number of hydrogen-bond acceptors (Lipinski definition) is 10. The summed E-state index contributed by atoms with van der Waals surface area (Å²) >= 11 is 0. The highest BCUT2D eigenvalue weighted by Gasteiger charge is 2.24. The number of ether oxygens (including phenoxy) is 2. The maximum atomic E-state index is 13.5. The zero-order valence-electron chi connectivity index (χ0n) is 25.1. The van der Waals surface area contributed by atoms with Gasteiger partial charge in [0.1, 0.15) is 17.3 Å². The minimum Gasteiger partial charge on any atom is -0.497 e. The van der Waals surface area contributed by atoms with Crippen LogP contribution in [0.15, 0.2) is 78.0 Å². The average Bonchev–Trinajstić information content (AvgIpc) is 3.47. The van der Waals surface area contributed by atoms with Gasteiger partial charge in [-0.3, -0.25) is 14.2 Å². The lowest BCUT2D eigenvalue weighted by atomic mass is 9.93. The molecule has 1 aromatic carbocycles. The molecule has 0 spiro atoms. The Morgan fingerprint density at radius 2 is 1.84 bits per heavy atom. The summed E-state index contributed by atoms with van der Waals surface area (Å²) in [5.74, 6) is 0.635. The number of amides is 1. The van der Waals surface area contributed by atoms with Crippen LogP contribution in [0.4, 0.5) is 17.2 Å². The molecule has 1 fully saturated rings. The fourth-order valence-corrected chi connectivity index (χ4v) is 5.03. The van der Waals surface area contributed by atoms with Crippen molar-refractivity contribution in [3.63, 3.8) is 0 Å². The predicted octanol–water partition coefficient (Wildman–Crippen LogP) is 3.73. The summed E-state index contributed by atoms with van der Waals surface area (Å²) < 4.78 is 12.9. The number of carbonyl (C=O) groups is 2. The number of nitrogens with zero attached hydrogens (tertiary/aromatic N) is 6. The molecule has 5 aromatic rings. The zero-order chi connectivity index (χ0) is 31.5. The molecule has 1 aliphatic carbocycles. The lowest BCUT2D eigenvalue weighted by molar-refractivity contribution is 0.0600. The third kappa shape index (κ3) is 6.05. The van der Waals surface area contributed by atoms with Crippen molar-refractivity contribution in [2.75, 3.05) is 31.5 Å². The van der Waals surface area contributed by atoms with Crippen LogP contribution in [0.3, 0.4) is 0 Å². The maximum absolute atomic E-state index is 13.5. The fourth-order valence-electron chi connectivity index (χ4n) is 5.03. The molecule has 6 rings (SSSR count). The summed E-state index contributed by atoms with van der Waals surface area (Å²) in [5.41, 5.74) is 2.63. The van der Waals surface area contributed by atoms with Crippen LogP contribution in [0.25, 0.3) is 11.5 Å². The molecule has 45 heavy (non-hydrogen) atoms. The van der Waals surface area contributed by atoms with Gasteiger partial charge in [0.25, 0.3) is 11.5 Å². The molecule has 230 valence electrons. The Bertz CT molecular complexity index is 1910. The van der Waals surface area contributed by atoms with Crippen LogP contribution in [0.5, 0.6) is 5.75 Å². The van der Waals surface area contributed by atoms with Gasteiger partial charge >= 0.3 is 5.97 Å². The first-order chi connectivity index (χ1) is 21.8. The number of esters is 1. The summed E-state index contributed by atoms with van der Waals surface area (Å²) in [6.07, 6.45) is 7.42. The fraction of sp³-hybridized carbons (Fsp3) is 0.250. The van der Waals surface area contributed by atoms with Gasteiger partial charge in [0.05, 0.1) is 31.7 Å². The molecule has 0 unspecified atom stereocenters. The minimum atomic E-state index is -0.522. The van der Waals surface area contributed by atoms with E-state index >= 15 is 0 Å². The van der Waals surface area contributed by atoms with E-state index in [4.69, 9.17) is 9.47 Å². The summed E-state index contributed by atoms with van der Waals surface area (Å²) in [7, 11) is 4.83. The van der Waals surface area contributed by atoms with E-state index in [-0.39, 0.29) is 28.8 Å². The molecule has 1 aliphatic rings. The second kappa shape index (κ2) is 12.5. The topological polar surface area (TPSA) is 145 Å². The van der Waals surface area contributed by atoms with Crippen molar-refractivity contribution in [2.45, 2.75) is 31.8 Å². The molecular formula is C32H32N8O5. The molecule has 0 radical (unpaired) electrons. The van der Waals surface area contributed by atoms with Crippen molar-refractivity contribution in [1.29, 1.82) is 0 Å². The van der Waals surface area contributed by atoms with Crippen LogP contribution >= 0.6 is 0 Å². The monoisotopic (exact) mass is 608 g/mol. The Labute approximate surface area is 258 Å². The number of fused-ring (bicyclic) bond motifs is 1. The van der Waals surface area contributed by atoms with E-state index in [0.717, 1.165) is 30.6 Å². The number of rotatable bonds is 10. The zero-order valence-corrected chi connectivity index (χ0v) is 25.1. The molecule has 1 saturated carbocycles. The first-order valence-electron chi connectivity index (χ1n) is 14.4. The first-order valence-corrected chi connectivity index (χ1v) is 14.4. The van der Waals surface area contributed by atoms with Crippen LogP contribution in [-0.2, 0) is 11.3 Å². The van der Waals surface area contributed by atoms with Crippen LogP contribution in [-0.4, -0.2) is 63.3 Å². The Morgan fingerprint density at radius 3 is 2.51 bits per heavy atom. The van der Waals surface area contributed by atoms with E-state index in [1.54, 1.807) is 37.6 Å². The highest BCUT2D eigenvalue weighted by atomic mass is 16.5. The molecule has 2 N–H and O–H groups in total. The number of nitrogens with one attached hydrogen (secondary N) is 2.